The molecule has 17 heavy (non-hydrogen) atoms. The van der Waals surface area contributed by atoms with Gasteiger partial charge in [-0.15, -0.1) is 0 Å². The second kappa shape index (κ2) is 6.97. The Balaban J connectivity index is 2.53. The molecule has 0 radical (unpaired) electrons. The average molecular weight is 243 g/mol. The van der Waals surface area contributed by atoms with E-state index in [9.17, 15) is 9.90 Å². The number of aliphatic carboxylic acids is 1. The molecule has 1 aliphatic rings. The van der Waals surface area contributed by atoms with Crippen LogP contribution < -0.4 is 0 Å². The number of unbranched alkanes of at least 4 members (excludes halogenated alkanes) is 2. The minimum absolute atomic E-state index is 0.235. The molecule has 0 bridgehead atoms. The molecule has 0 aromatic heterocycles. The second-order valence-electron chi connectivity index (χ2n) is 4.96. The number of nitrogens with zero attached hydrogens (tertiary/aromatic N) is 1. The van der Waals surface area contributed by atoms with Crippen molar-refractivity contribution in [2.45, 2.75) is 57.4 Å². The van der Waals surface area contributed by atoms with Crippen LogP contribution in [0, 0.1) is 0 Å². The molecule has 1 heterocycles. The van der Waals surface area contributed by atoms with Gasteiger partial charge in [0.15, 0.2) is 0 Å². The Morgan fingerprint density at radius 2 is 2.12 bits per heavy atom. The first-order valence-electron chi connectivity index (χ1n) is 6.76. The molecule has 1 atom stereocenters. The van der Waals surface area contributed by atoms with Crippen LogP contribution in [-0.4, -0.2) is 46.3 Å². The Hall–Kier alpha value is -0.610. The first-order valence-corrected chi connectivity index (χ1v) is 6.76. The van der Waals surface area contributed by atoms with E-state index in [1.54, 1.807) is 0 Å². The van der Waals surface area contributed by atoms with Gasteiger partial charge in [-0.2, -0.15) is 0 Å². The van der Waals surface area contributed by atoms with Crippen LogP contribution in [0.4, 0.5) is 0 Å². The van der Waals surface area contributed by atoms with Crippen LogP contribution in [0.1, 0.15) is 51.9 Å². The van der Waals surface area contributed by atoms with Crippen molar-refractivity contribution in [2.75, 3.05) is 19.7 Å². The van der Waals surface area contributed by atoms with E-state index in [-0.39, 0.29) is 6.61 Å². The van der Waals surface area contributed by atoms with Gasteiger partial charge < -0.3 is 10.2 Å². The fourth-order valence-corrected chi connectivity index (χ4v) is 2.90. The topological polar surface area (TPSA) is 60.8 Å². The van der Waals surface area contributed by atoms with E-state index in [0.717, 1.165) is 58.0 Å². The third-order valence-electron chi connectivity index (χ3n) is 3.77. The molecule has 0 spiro atoms. The van der Waals surface area contributed by atoms with Crippen LogP contribution in [0.3, 0.4) is 0 Å². The lowest BCUT2D eigenvalue weighted by Crippen LogP contribution is -2.50. The van der Waals surface area contributed by atoms with Crippen LogP contribution >= 0.6 is 0 Å². The quantitative estimate of drug-likeness (QED) is 0.639. The van der Waals surface area contributed by atoms with E-state index in [2.05, 4.69) is 4.90 Å². The molecule has 0 amide bonds. The maximum Gasteiger partial charge on any atom is 0.324 e. The van der Waals surface area contributed by atoms with Gasteiger partial charge in [-0.3, -0.25) is 9.69 Å². The Morgan fingerprint density at radius 3 is 2.71 bits per heavy atom. The van der Waals surface area contributed by atoms with E-state index in [4.69, 9.17) is 5.11 Å². The average Bonchev–Trinajstić information content (AvgIpc) is 2.70. The molecular formula is C13H25NO3. The summed E-state index contributed by atoms with van der Waals surface area (Å²) in [5.74, 6) is -0.654. The molecule has 4 heteroatoms. The number of carboxylic acids is 1. The van der Waals surface area contributed by atoms with Gasteiger partial charge in [0, 0.05) is 6.61 Å². The molecule has 0 aromatic rings. The van der Waals surface area contributed by atoms with E-state index >= 15 is 0 Å². The van der Waals surface area contributed by atoms with Crippen molar-refractivity contribution in [3.05, 3.63) is 0 Å². The van der Waals surface area contributed by atoms with Crippen molar-refractivity contribution in [1.29, 1.82) is 0 Å². The summed E-state index contributed by atoms with van der Waals surface area (Å²) in [6.45, 7) is 4.05. The van der Waals surface area contributed by atoms with Crippen molar-refractivity contribution < 1.29 is 15.0 Å². The highest BCUT2D eigenvalue weighted by Gasteiger charge is 2.46. The molecule has 1 fully saturated rings. The normalized spacial score (nSPS) is 25.3. The largest absolute Gasteiger partial charge is 0.480 e. The Kier molecular flexibility index (Phi) is 5.92. The molecule has 2 N–H and O–H groups in total. The summed E-state index contributed by atoms with van der Waals surface area (Å²) in [7, 11) is 0. The fourth-order valence-electron chi connectivity index (χ4n) is 2.90. The first kappa shape index (κ1) is 14.5. The molecule has 0 saturated carbocycles. The number of rotatable bonds is 8. The van der Waals surface area contributed by atoms with Gasteiger partial charge in [0.25, 0.3) is 0 Å². The Morgan fingerprint density at radius 1 is 1.35 bits per heavy atom. The monoisotopic (exact) mass is 243 g/mol. The summed E-state index contributed by atoms with van der Waals surface area (Å²) < 4.78 is 0. The lowest BCUT2D eigenvalue weighted by Gasteiger charge is -2.34. The van der Waals surface area contributed by atoms with E-state index in [1.807, 2.05) is 6.92 Å². The molecule has 1 saturated heterocycles. The maximum absolute atomic E-state index is 11.5. The van der Waals surface area contributed by atoms with Gasteiger partial charge in [-0.05, 0) is 51.6 Å². The molecule has 0 aromatic carbocycles. The SMILES string of the molecule is CCCC1(C(=O)O)CCCN1CCCCCO. The van der Waals surface area contributed by atoms with Gasteiger partial charge in [0.05, 0.1) is 0 Å². The number of carboxylic acid groups (broad SMARTS) is 1. The molecule has 100 valence electrons. The summed E-state index contributed by atoms with van der Waals surface area (Å²) in [5.41, 5.74) is -0.603. The highest BCUT2D eigenvalue weighted by atomic mass is 16.4. The Bertz CT molecular complexity index is 245. The fraction of sp³-hybridized carbons (Fsp3) is 0.923. The van der Waals surface area contributed by atoms with Crippen molar-refractivity contribution in [2.24, 2.45) is 0 Å². The van der Waals surface area contributed by atoms with E-state index in [1.165, 1.54) is 0 Å². The number of aliphatic hydroxyl groups excluding tert-OH is 1. The van der Waals surface area contributed by atoms with Gasteiger partial charge in [-0.25, -0.2) is 0 Å². The third kappa shape index (κ3) is 3.42. The van der Waals surface area contributed by atoms with E-state index < -0.39 is 11.5 Å². The molecular weight excluding hydrogens is 218 g/mol. The molecule has 0 aliphatic carbocycles. The predicted octanol–water partition coefficient (Wildman–Crippen LogP) is 1.87. The molecule has 4 nitrogen and oxygen atoms in total. The summed E-state index contributed by atoms with van der Waals surface area (Å²) in [6, 6.07) is 0. The number of likely N-dealkylation sites (tertiary alicyclic amines) is 1. The summed E-state index contributed by atoms with van der Waals surface area (Å²) >= 11 is 0. The standard InChI is InChI=1S/C13H25NO3/c1-2-7-13(12(16)17)8-6-10-14(13)9-4-3-5-11-15/h15H,2-11H2,1H3,(H,16,17). The van der Waals surface area contributed by atoms with Crippen molar-refractivity contribution >= 4 is 5.97 Å². The number of aliphatic hydroxyl groups is 1. The van der Waals surface area contributed by atoms with Crippen LogP contribution in [0.15, 0.2) is 0 Å². The van der Waals surface area contributed by atoms with Crippen molar-refractivity contribution in [3.8, 4) is 0 Å². The second-order valence-corrected chi connectivity index (χ2v) is 4.96. The Labute approximate surface area is 104 Å². The van der Waals surface area contributed by atoms with Crippen molar-refractivity contribution in [1.82, 2.24) is 4.90 Å². The highest BCUT2D eigenvalue weighted by molar-refractivity contribution is 5.79. The highest BCUT2D eigenvalue weighted by Crippen LogP contribution is 2.34. The van der Waals surface area contributed by atoms with Crippen LogP contribution in [0.2, 0.25) is 0 Å². The number of carbonyl (C=O) groups is 1. The van der Waals surface area contributed by atoms with Gasteiger partial charge >= 0.3 is 5.97 Å². The lowest BCUT2D eigenvalue weighted by atomic mass is 9.90. The van der Waals surface area contributed by atoms with Gasteiger partial charge in [-0.1, -0.05) is 13.3 Å². The minimum Gasteiger partial charge on any atom is -0.480 e. The zero-order valence-electron chi connectivity index (χ0n) is 10.8. The first-order chi connectivity index (χ1) is 8.17. The lowest BCUT2D eigenvalue weighted by molar-refractivity contribution is -0.150. The third-order valence-corrected chi connectivity index (χ3v) is 3.77. The van der Waals surface area contributed by atoms with Gasteiger partial charge in [0.1, 0.15) is 5.54 Å². The molecule has 1 unspecified atom stereocenters. The summed E-state index contributed by atoms with van der Waals surface area (Å²) in [6.07, 6.45) is 6.24. The zero-order chi connectivity index (χ0) is 12.7. The van der Waals surface area contributed by atoms with Gasteiger partial charge in [0.2, 0.25) is 0 Å². The van der Waals surface area contributed by atoms with Crippen LogP contribution in [-0.2, 0) is 4.79 Å². The molecule has 1 rings (SSSR count). The van der Waals surface area contributed by atoms with E-state index in [0.29, 0.717) is 0 Å². The minimum atomic E-state index is -0.654. The van der Waals surface area contributed by atoms with Crippen molar-refractivity contribution in [3.63, 3.8) is 0 Å². The zero-order valence-corrected chi connectivity index (χ0v) is 10.8. The summed E-state index contributed by atoms with van der Waals surface area (Å²) in [4.78, 5) is 13.7. The number of hydrogen-bond donors (Lipinski definition) is 2. The smallest absolute Gasteiger partial charge is 0.324 e. The molecule has 1 aliphatic heterocycles. The summed E-state index contributed by atoms with van der Waals surface area (Å²) in [5, 5.41) is 18.2. The van der Waals surface area contributed by atoms with Crippen LogP contribution in [0.5, 0.6) is 0 Å². The predicted molar refractivity (Wildman–Crippen MR) is 67.0 cm³/mol. The number of hydrogen-bond acceptors (Lipinski definition) is 3. The van der Waals surface area contributed by atoms with Crippen LogP contribution in [0.25, 0.3) is 0 Å². The maximum atomic E-state index is 11.5.